The molecule has 1 amide bonds. The highest BCUT2D eigenvalue weighted by Crippen LogP contribution is 2.26. The number of methoxy groups -OCH3 is 1. The van der Waals surface area contributed by atoms with Crippen molar-refractivity contribution in [1.82, 2.24) is 0 Å². The summed E-state index contributed by atoms with van der Waals surface area (Å²) in [6.07, 6.45) is 1.40. The molecule has 0 radical (unpaired) electrons. The Hall–Kier alpha value is -2.49. The Bertz CT molecular complexity index is 623. The van der Waals surface area contributed by atoms with E-state index >= 15 is 0 Å². The van der Waals surface area contributed by atoms with Gasteiger partial charge in [-0.15, -0.1) is 0 Å². The molecule has 0 unspecified atom stereocenters. The smallest absolute Gasteiger partial charge is 0.248 e. The Morgan fingerprint density at radius 1 is 1.20 bits per heavy atom. The summed E-state index contributed by atoms with van der Waals surface area (Å²) in [7, 11) is 1.51. The van der Waals surface area contributed by atoms with Gasteiger partial charge in [-0.1, -0.05) is 24.3 Å². The second-order valence-electron chi connectivity index (χ2n) is 4.53. The summed E-state index contributed by atoms with van der Waals surface area (Å²) >= 11 is 0. The Morgan fingerprint density at radius 3 is 2.60 bits per heavy atom. The van der Waals surface area contributed by atoms with E-state index in [1.807, 2.05) is 18.2 Å². The van der Waals surface area contributed by atoms with E-state index in [4.69, 9.17) is 10.5 Å². The lowest BCUT2D eigenvalue weighted by molar-refractivity contribution is 0.0999. The number of carbonyl (C=O) groups excluding carboxylic acids is 1. The summed E-state index contributed by atoms with van der Waals surface area (Å²) in [6, 6.07) is 12.6. The molecule has 0 atom stereocenters. The number of carbonyl (C=O) groups is 1. The standard InChI is InChI=1S/C16H17NO3/c1-20-15-9-7-11(10-14(15)18)6-8-12-4-2-3-5-13(12)16(17)19/h2-5,7,9-10,18H,6,8H2,1H3,(H2,17,19). The quantitative estimate of drug-likeness (QED) is 0.876. The molecule has 20 heavy (non-hydrogen) atoms. The number of phenolic OH excluding ortho intramolecular Hbond substituents is 1. The molecule has 0 aliphatic heterocycles. The number of nitrogens with two attached hydrogens (primary N) is 1. The Morgan fingerprint density at radius 2 is 1.95 bits per heavy atom. The van der Waals surface area contributed by atoms with Crippen LogP contribution in [0.1, 0.15) is 21.5 Å². The molecule has 2 rings (SSSR count). The highest BCUT2D eigenvalue weighted by Gasteiger charge is 2.08. The van der Waals surface area contributed by atoms with Crippen LogP contribution in [0.4, 0.5) is 0 Å². The summed E-state index contributed by atoms with van der Waals surface area (Å²) in [4.78, 5) is 11.3. The summed E-state index contributed by atoms with van der Waals surface area (Å²) in [5, 5.41) is 9.73. The number of amides is 1. The van der Waals surface area contributed by atoms with E-state index in [1.165, 1.54) is 7.11 Å². The van der Waals surface area contributed by atoms with Gasteiger partial charge in [-0.2, -0.15) is 0 Å². The second kappa shape index (κ2) is 6.10. The van der Waals surface area contributed by atoms with Crippen molar-refractivity contribution in [3.05, 3.63) is 59.2 Å². The Kier molecular flexibility index (Phi) is 4.25. The molecule has 104 valence electrons. The maximum atomic E-state index is 11.3. The van der Waals surface area contributed by atoms with Crippen molar-refractivity contribution in [3.8, 4) is 11.5 Å². The number of primary amides is 1. The first-order valence-corrected chi connectivity index (χ1v) is 6.35. The van der Waals surface area contributed by atoms with E-state index in [-0.39, 0.29) is 5.75 Å². The summed E-state index contributed by atoms with van der Waals surface area (Å²) in [5.74, 6) is 0.151. The minimum Gasteiger partial charge on any atom is -0.504 e. The number of ether oxygens (including phenoxy) is 1. The van der Waals surface area contributed by atoms with Crippen LogP contribution in [-0.2, 0) is 12.8 Å². The number of aryl methyl sites for hydroxylation is 2. The molecule has 4 heteroatoms. The van der Waals surface area contributed by atoms with Gasteiger partial charge in [0.25, 0.3) is 0 Å². The average molecular weight is 271 g/mol. The molecule has 0 spiro atoms. The van der Waals surface area contributed by atoms with Gasteiger partial charge >= 0.3 is 0 Å². The van der Waals surface area contributed by atoms with Crippen molar-refractivity contribution in [2.75, 3.05) is 7.11 Å². The zero-order valence-corrected chi connectivity index (χ0v) is 11.3. The fraction of sp³-hybridized carbons (Fsp3) is 0.188. The lowest BCUT2D eigenvalue weighted by Crippen LogP contribution is -2.13. The lowest BCUT2D eigenvalue weighted by atomic mass is 9.99. The number of rotatable bonds is 5. The van der Waals surface area contributed by atoms with Crippen molar-refractivity contribution in [2.24, 2.45) is 5.73 Å². The van der Waals surface area contributed by atoms with Crippen LogP contribution >= 0.6 is 0 Å². The van der Waals surface area contributed by atoms with E-state index < -0.39 is 5.91 Å². The lowest BCUT2D eigenvalue weighted by Gasteiger charge is -2.08. The number of hydrogen-bond acceptors (Lipinski definition) is 3. The van der Waals surface area contributed by atoms with E-state index in [1.54, 1.807) is 24.3 Å². The van der Waals surface area contributed by atoms with Gasteiger partial charge in [0.1, 0.15) is 0 Å². The fourth-order valence-corrected chi connectivity index (χ4v) is 2.15. The third-order valence-corrected chi connectivity index (χ3v) is 3.21. The van der Waals surface area contributed by atoms with Gasteiger partial charge in [-0.25, -0.2) is 0 Å². The third-order valence-electron chi connectivity index (χ3n) is 3.21. The van der Waals surface area contributed by atoms with E-state index in [9.17, 15) is 9.90 Å². The molecule has 0 fully saturated rings. The molecule has 3 N–H and O–H groups in total. The van der Waals surface area contributed by atoms with Gasteiger partial charge in [0.05, 0.1) is 7.11 Å². The van der Waals surface area contributed by atoms with Crippen molar-refractivity contribution in [3.63, 3.8) is 0 Å². The molecule has 2 aromatic rings. The van der Waals surface area contributed by atoms with Gasteiger partial charge in [-0.05, 0) is 42.2 Å². The van der Waals surface area contributed by atoms with Crippen LogP contribution in [0.2, 0.25) is 0 Å². The summed E-state index contributed by atoms with van der Waals surface area (Å²) < 4.78 is 5.00. The molecular weight excluding hydrogens is 254 g/mol. The van der Waals surface area contributed by atoms with Gasteiger partial charge in [0, 0.05) is 5.56 Å². The maximum Gasteiger partial charge on any atom is 0.248 e. The van der Waals surface area contributed by atoms with Crippen LogP contribution in [0.5, 0.6) is 11.5 Å². The van der Waals surface area contributed by atoms with E-state index in [0.717, 1.165) is 11.1 Å². The van der Waals surface area contributed by atoms with E-state index in [2.05, 4.69) is 0 Å². The molecule has 0 saturated carbocycles. The largest absolute Gasteiger partial charge is 0.504 e. The number of phenols is 1. The van der Waals surface area contributed by atoms with Gasteiger partial charge < -0.3 is 15.6 Å². The Labute approximate surface area is 117 Å². The van der Waals surface area contributed by atoms with Crippen LogP contribution < -0.4 is 10.5 Å². The monoisotopic (exact) mass is 271 g/mol. The SMILES string of the molecule is COc1ccc(CCc2ccccc2C(N)=O)cc1O. The molecule has 0 saturated heterocycles. The first-order valence-electron chi connectivity index (χ1n) is 6.35. The highest BCUT2D eigenvalue weighted by atomic mass is 16.5. The molecule has 0 aromatic heterocycles. The molecule has 0 heterocycles. The van der Waals surface area contributed by atoms with E-state index in [0.29, 0.717) is 24.2 Å². The fourth-order valence-electron chi connectivity index (χ4n) is 2.15. The zero-order chi connectivity index (χ0) is 14.5. The number of hydrogen-bond donors (Lipinski definition) is 2. The Balaban J connectivity index is 2.13. The topological polar surface area (TPSA) is 72.5 Å². The minimum atomic E-state index is -0.418. The second-order valence-corrected chi connectivity index (χ2v) is 4.53. The number of aromatic hydroxyl groups is 1. The van der Waals surface area contributed by atoms with Gasteiger partial charge in [0.15, 0.2) is 11.5 Å². The maximum absolute atomic E-state index is 11.3. The normalized spacial score (nSPS) is 10.2. The molecule has 4 nitrogen and oxygen atoms in total. The summed E-state index contributed by atoms with van der Waals surface area (Å²) in [5.41, 5.74) is 7.78. The molecule has 2 aromatic carbocycles. The van der Waals surface area contributed by atoms with Crippen LogP contribution in [0.3, 0.4) is 0 Å². The van der Waals surface area contributed by atoms with Gasteiger partial charge in [0.2, 0.25) is 5.91 Å². The molecule has 0 aliphatic rings. The predicted molar refractivity (Wildman–Crippen MR) is 77.0 cm³/mol. The highest BCUT2D eigenvalue weighted by molar-refractivity contribution is 5.94. The summed E-state index contributed by atoms with van der Waals surface area (Å²) in [6.45, 7) is 0. The molecular formula is C16H17NO3. The van der Waals surface area contributed by atoms with Gasteiger partial charge in [-0.3, -0.25) is 4.79 Å². The first-order chi connectivity index (χ1) is 9.61. The minimum absolute atomic E-state index is 0.119. The number of benzene rings is 2. The first kappa shape index (κ1) is 13.9. The van der Waals surface area contributed by atoms with Crippen molar-refractivity contribution < 1.29 is 14.6 Å². The van der Waals surface area contributed by atoms with Crippen molar-refractivity contribution in [1.29, 1.82) is 0 Å². The average Bonchev–Trinajstić information content (AvgIpc) is 2.45. The molecule has 0 aliphatic carbocycles. The van der Waals surface area contributed by atoms with Crippen LogP contribution in [0.15, 0.2) is 42.5 Å². The zero-order valence-electron chi connectivity index (χ0n) is 11.3. The predicted octanol–water partition coefficient (Wildman–Crippen LogP) is 2.28. The van der Waals surface area contributed by atoms with Crippen molar-refractivity contribution >= 4 is 5.91 Å². The van der Waals surface area contributed by atoms with Crippen molar-refractivity contribution in [2.45, 2.75) is 12.8 Å². The molecule has 0 bridgehead atoms. The van der Waals surface area contributed by atoms with Crippen LogP contribution in [0, 0.1) is 0 Å². The third kappa shape index (κ3) is 3.09. The van der Waals surface area contributed by atoms with Crippen LogP contribution in [0.25, 0.3) is 0 Å². The van der Waals surface area contributed by atoms with Crippen LogP contribution in [-0.4, -0.2) is 18.1 Å².